The summed E-state index contributed by atoms with van der Waals surface area (Å²) in [6.07, 6.45) is -1.18. The third kappa shape index (κ3) is 5.63. The number of carboxylic acid groups (broad SMARTS) is 1. The number of hydrogen-bond donors (Lipinski definition) is 4. The van der Waals surface area contributed by atoms with Crippen molar-refractivity contribution < 1.29 is 34.1 Å². The highest BCUT2D eigenvalue weighted by molar-refractivity contribution is 5.84. The molecule has 2 aromatic carbocycles. The molecule has 1 fully saturated rings. The maximum absolute atomic E-state index is 12.9. The van der Waals surface area contributed by atoms with Crippen LogP contribution in [-0.2, 0) is 19.1 Å². The molecule has 2 amide bonds. The number of benzene rings is 2. The van der Waals surface area contributed by atoms with E-state index in [0.29, 0.717) is 19.4 Å². The number of carboxylic acids is 1. The number of fused-ring (bicyclic) bond motifs is 3. The van der Waals surface area contributed by atoms with E-state index in [1.54, 1.807) is 0 Å². The van der Waals surface area contributed by atoms with Gasteiger partial charge in [-0.05, 0) is 35.1 Å². The number of carbonyl (C=O) groups excluding carboxylic acids is 2. The van der Waals surface area contributed by atoms with E-state index >= 15 is 0 Å². The van der Waals surface area contributed by atoms with Gasteiger partial charge < -0.3 is 30.3 Å². The molecular formula is C26H30N2O7. The number of nitrogens with one attached hydrogen (secondary N) is 2. The summed E-state index contributed by atoms with van der Waals surface area (Å²) in [7, 11) is 0. The van der Waals surface area contributed by atoms with Crippen LogP contribution in [0.3, 0.4) is 0 Å². The minimum absolute atomic E-state index is 0.00450. The Kier molecular flexibility index (Phi) is 7.67. The number of aliphatic hydroxyl groups is 1. The Balaban J connectivity index is 1.35. The maximum atomic E-state index is 12.9. The molecule has 35 heavy (non-hydrogen) atoms. The molecule has 2 aliphatic rings. The van der Waals surface area contributed by atoms with E-state index in [1.165, 1.54) is 0 Å². The first-order valence-electron chi connectivity index (χ1n) is 11.7. The van der Waals surface area contributed by atoms with Crippen LogP contribution in [0.5, 0.6) is 0 Å². The average Bonchev–Trinajstić information content (AvgIpc) is 3.18. The molecule has 2 unspecified atom stereocenters. The minimum atomic E-state index is -1.20. The molecule has 4 N–H and O–H groups in total. The zero-order chi connectivity index (χ0) is 24.8. The predicted octanol–water partition coefficient (Wildman–Crippen LogP) is 2.27. The number of alkyl carbamates (subject to hydrolysis) is 1. The Bertz CT molecular complexity index is 1040. The summed E-state index contributed by atoms with van der Waals surface area (Å²) in [5, 5.41) is 23.8. The second kappa shape index (κ2) is 10.9. The normalized spacial score (nSPS) is 19.8. The molecule has 4 rings (SSSR count). The van der Waals surface area contributed by atoms with Crippen molar-refractivity contribution in [1.82, 2.24) is 10.6 Å². The average molecular weight is 483 g/mol. The summed E-state index contributed by atoms with van der Waals surface area (Å²) >= 11 is 0. The van der Waals surface area contributed by atoms with Crippen molar-refractivity contribution in [3.05, 3.63) is 59.7 Å². The van der Waals surface area contributed by atoms with Crippen LogP contribution >= 0.6 is 0 Å². The second-order valence-corrected chi connectivity index (χ2v) is 9.08. The molecule has 1 heterocycles. The highest BCUT2D eigenvalue weighted by Gasteiger charge is 2.41. The monoisotopic (exact) mass is 482 g/mol. The van der Waals surface area contributed by atoms with Gasteiger partial charge in [0.25, 0.3) is 0 Å². The minimum Gasteiger partial charge on any atom is -0.481 e. The van der Waals surface area contributed by atoms with Gasteiger partial charge in [0.15, 0.2) is 0 Å². The van der Waals surface area contributed by atoms with Crippen molar-refractivity contribution >= 4 is 18.0 Å². The third-order valence-electron chi connectivity index (χ3n) is 6.63. The zero-order valence-corrected chi connectivity index (χ0v) is 19.4. The molecule has 1 saturated heterocycles. The Morgan fingerprint density at radius 1 is 1.06 bits per heavy atom. The number of ether oxygens (including phenoxy) is 2. The summed E-state index contributed by atoms with van der Waals surface area (Å²) in [5.41, 5.74) is 3.47. The highest BCUT2D eigenvalue weighted by Crippen LogP contribution is 2.44. The van der Waals surface area contributed by atoms with Crippen molar-refractivity contribution in [2.45, 2.75) is 31.3 Å². The number of rotatable bonds is 9. The molecule has 0 spiro atoms. The maximum Gasteiger partial charge on any atom is 0.407 e. The van der Waals surface area contributed by atoms with Crippen LogP contribution in [0.4, 0.5) is 4.79 Å². The lowest BCUT2D eigenvalue weighted by atomic mass is 9.81. The molecular weight excluding hydrogens is 452 g/mol. The van der Waals surface area contributed by atoms with Crippen molar-refractivity contribution in [2.75, 3.05) is 32.9 Å². The van der Waals surface area contributed by atoms with Crippen LogP contribution in [0.25, 0.3) is 11.1 Å². The van der Waals surface area contributed by atoms with Crippen LogP contribution in [0.1, 0.15) is 36.3 Å². The first kappa shape index (κ1) is 24.7. The molecule has 9 nitrogen and oxygen atoms in total. The smallest absolute Gasteiger partial charge is 0.407 e. The van der Waals surface area contributed by atoms with Gasteiger partial charge in [0, 0.05) is 25.6 Å². The van der Waals surface area contributed by atoms with Crippen molar-refractivity contribution in [2.24, 2.45) is 5.41 Å². The van der Waals surface area contributed by atoms with Crippen LogP contribution < -0.4 is 10.6 Å². The molecule has 2 atom stereocenters. The largest absolute Gasteiger partial charge is 0.481 e. The van der Waals surface area contributed by atoms with Crippen LogP contribution in [0.15, 0.2) is 48.5 Å². The van der Waals surface area contributed by atoms with Gasteiger partial charge in [-0.1, -0.05) is 48.5 Å². The van der Waals surface area contributed by atoms with E-state index in [-0.39, 0.29) is 32.2 Å². The fourth-order valence-electron chi connectivity index (χ4n) is 4.81. The number of aliphatic hydroxyl groups excluding tert-OH is 1. The summed E-state index contributed by atoms with van der Waals surface area (Å²) in [5.74, 6) is -1.63. The third-order valence-corrected chi connectivity index (χ3v) is 6.63. The fourth-order valence-corrected chi connectivity index (χ4v) is 4.81. The van der Waals surface area contributed by atoms with Gasteiger partial charge in [0.2, 0.25) is 5.91 Å². The molecule has 9 heteroatoms. The zero-order valence-electron chi connectivity index (χ0n) is 19.4. The lowest BCUT2D eigenvalue weighted by molar-refractivity contribution is -0.142. The second-order valence-electron chi connectivity index (χ2n) is 9.08. The molecule has 1 aliphatic heterocycles. The number of carbonyl (C=O) groups is 3. The van der Waals surface area contributed by atoms with Gasteiger partial charge in [-0.2, -0.15) is 0 Å². The van der Waals surface area contributed by atoms with Gasteiger partial charge in [-0.15, -0.1) is 0 Å². The summed E-state index contributed by atoms with van der Waals surface area (Å²) in [4.78, 5) is 36.3. The predicted molar refractivity (Wildman–Crippen MR) is 127 cm³/mol. The molecule has 0 aromatic heterocycles. The van der Waals surface area contributed by atoms with E-state index in [9.17, 15) is 19.5 Å². The van der Waals surface area contributed by atoms with Gasteiger partial charge in [0.05, 0.1) is 24.5 Å². The van der Waals surface area contributed by atoms with Gasteiger partial charge >= 0.3 is 12.1 Å². The van der Waals surface area contributed by atoms with Crippen molar-refractivity contribution in [3.63, 3.8) is 0 Å². The lowest BCUT2D eigenvalue weighted by Gasteiger charge is -2.35. The molecule has 186 valence electrons. The van der Waals surface area contributed by atoms with E-state index < -0.39 is 35.9 Å². The van der Waals surface area contributed by atoms with Crippen LogP contribution in [-0.4, -0.2) is 67.2 Å². The van der Waals surface area contributed by atoms with E-state index in [2.05, 4.69) is 22.8 Å². The quantitative estimate of drug-likeness (QED) is 0.431. The van der Waals surface area contributed by atoms with Gasteiger partial charge in [-0.3, -0.25) is 9.59 Å². The van der Waals surface area contributed by atoms with E-state index in [1.807, 2.05) is 36.4 Å². The number of amides is 2. The van der Waals surface area contributed by atoms with Gasteiger partial charge in [0.1, 0.15) is 6.61 Å². The summed E-state index contributed by atoms with van der Waals surface area (Å²) in [6.45, 7) is 0.596. The molecule has 2 aromatic rings. The van der Waals surface area contributed by atoms with E-state index in [0.717, 1.165) is 22.3 Å². The topological polar surface area (TPSA) is 134 Å². The molecule has 0 bridgehead atoms. The van der Waals surface area contributed by atoms with Crippen molar-refractivity contribution in [1.29, 1.82) is 0 Å². The van der Waals surface area contributed by atoms with Crippen LogP contribution in [0.2, 0.25) is 0 Å². The lowest BCUT2D eigenvalue weighted by Crippen LogP contribution is -2.54. The van der Waals surface area contributed by atoms with Gasteiger partial charge in [-0.25, -0.2) is 4.79 Å². The Hall–Kier alpha value is -3.43. The molecule has 0 radical (unpaired) electrons. The first-order chi connectivity index (χ1) is 16.9. The van der Waals surface area contributed by atoms with Crippen LogP contribution in [0, 0.1) is 5.41 Å². The Labute approximate surface area is 203 Å². The number of aliphatic carboxylic acids is 1. The number of hydrogen-bond acceptors (Lipinski definition) is 6. The standard InChI is InChI=1S/C26H30N2O7/c29-17(12-23(30)31)13-27-24(32)26(10-5-11-34-16-26)15-28-25(33)35-14-22-20-8-3-1-6-18(20)19-7-2-4-9-21(19)22/h1-4,6-9,17,22,29H,5,10-16H2,(H,27,32)(H,28,33)(H,30,31). The first-order valence-corrected chi connectivity index (χ1v) is 11.7. The summed E-state index contributed by atoms with van der Waals surface area (Å²) in [6, 6.07) is 16.1. The Morgan fingerprint density at radius 3 is 2.31 bits per heavy atom. The van der Waals surface area contributed by atoms with E-state index in [4.69, 9.17) is 14.6 Å². The molecule has 0 saturated carbocycles. The molecule has 1 aliphatic carbocycles. The highest BCUT2D eigenvalue weighted by atomic mass is 16.5. The summed E-state index contributed by atoms with van der Waals surface area (Å²) < 4.78 is 11.1. The van der Waals surface area contributed by atoms with Crippen molar-refractivity contribution in [3.8, 4) is 11.1 Å². The SMILES string of the molecule is O=C(O)CC(O)CNC(=O)C1(CNC(=O)OCC2c3ccccc3-c3ccccc32)CCCOC1. The fraction of sp³-hybridized carbons (Fsp3) is 0.423. The Morgan fingerprint density at radius 2 is 1.71 bits per heavy atom.